The fraction of sp³-hybridized carbons (Fsp3) is 0.333. The number of anilines is 1. The first-order valence-electron chi connectivity index (χ1n) is 7.04. The van der Waals surface area contributed by atoms with E-state index in [1.54, 1.807) is 38.2 Å². The monoisotopic (exact) mass is 335 g/mol. The zero-order valence-corrected chi connectivity index (χ0v) is 13.6. The van der Waals surface area contributed by atoms with Crippen LogP contribution in [0.4, 0.5) is 5.69 Å². The second-order valence-electron chi connectivity index (χ2n) is 4.67. The van der Waals surface area contributed by atoms with Gasteiger partial charge in [0.25, 0.3) is 0 Å². The Morgan fingerprint density at radius 2 is 2.09 bits per heavy atom. The Balaban J connectivity index is 2.00. The van der Waals surface area contributed by atoms with E-state index in [-0.39, 0.29) is 18.2 Å². The van der Waals surface area contributed by atoms with Crippen LogP contribution in [0.5, 0.6) is 0 Å². The summed E-state index contributed by atoms with van der Waals surface area (Å²) in [6.45, 7) is 2.04. The minimum absolute atomic E-state index is 0.0937. The number of ether oxygens (including phenoxy) is 1. The normalized spacial score (nSPS) is 19.1. The SMILES string of the molecule is CCOC(=O)c1ccc(NC(=O)[C@@H]2CC(=O)NC(=NC)S2)cc1. The van der Waals surface area contributed by atoms with Gasteiger partial charge in [-0.3, -0.25) is 14.6 Å². The van der Waals surface area contributed by atoms with Gasteiger partial charge in [0.2, 0.25) is 11.8 Å². The highest BCUT2D eigenvalue weighted by atomic mass is 32.2. The third-order valence-electron chi connectivity index (χ3n) is 3.03. The van der Waals surface area contributed by atoms with Gasteiger partial charge in [0.1, 0.15) is 5.25 Å². The molecule has 1 saturated heterocycles. The van der Waals surface area contributed by atoms with Crippen molar-refractivity contribution in [1.82, 2.24) is 5.32 Å². The summed E-state index contributed by atoms with van der Waals surface area (Å²) >= 11 is 1.21. The molecule has 1 aromatic rings. The fourth-order valence-electron chi connectivity index (χ4n) is 1.93. The Labute approximate surface area is 137 Å². The van der Waals surface area contributed by atoms with Gasteiger partial charge in [0, 0.05) is 19.2 Å². The zero-order valence-electron chi connectivity index (χ0n) is 12.8. The van der Waals surface area contributed by atoms with E-state index in [4.69, 9.17) is 4.74 Å². The third kappa shape index (κ3) is 4.56. The Morgan fingerprint density at radius 1 is 1.39 bits per heavy atom. The molecular weight excluding hydrogens is 318 g/mol. The lowest BCUT2D eigenvalue weighted by atomic mass is 10.2. The number of aliphatic imine (C=N–C) groups is 1. The van der Waals surface area contributed by atoms with Gasteiger partial charge in [-0.05, 0) is 31.2 Å². The van der Waals surface area contributed by atoms with Crippen molar-refractivity contribution in [3.63, 3.8) is 0 Å². The molecule has 1 atom stereocenters. The van der Waals surface area contributed by atoms with E-state index in [2.05, 4.69) is 15.6 Å². The van der Waals surface area contributed by atoms with Crippen LogP contribution in [0.1, 0.15) is 23.7 Å². The number of hydrogen-bond acceptors (Lipinski definition) is 6. The highest BCUT2D eigenvalue weighted by Crippen LogP contribution is 2.22. The topological polar surface area (TPSA) is 96.9 Å². The van der Waals surface area contributed by atoms with Gasteiger partial charge >= 0.3 is 5.97 Å². The Morgan fingerprint density at radius 3 is 2.70 bits per heavy atom. The first kappa shape index (κ1) is 17.0. The van der Waals surface area contributed by atoms with Crippen molar-refractivity contribution in [3.8, 4) is 0 Å². The molecule has 122 valence electrons. The number of hydrogen-bond donors (Lipinski definition) is 2. The Kier molecular flexibility index (Phi) is 5.75. The molecular formula is C15H17N3O4S. The molecule has 0 unspecified atom stereocenters. The Hall–Kier alpha value is -2.35. The lowest BCUT2D eigenvalue weighted by molar-refractivity contribution is -0.123. The molecule has 23 heavy (non-hydrogen) atoms. The van der Waals surface area contributed by atoms with Crippen molar-refractivity contribution >= 4 is 40.4 Å². The summed E-state index contributed by atoms with van der Waals surface area (Å²) in [7, 11) is 1.55. The van der Waals surface area contributed by atoms with Crippen LogP contribution in [-0.4, -0.2) is 41.9 Å². The lowest BCUT2D eigenvalue weighted by Crippen LogP contribution is -2.41. The van der Waals surface area contributed by atoms with E-state index in [0.717, 1.165) is 0 Å². The molecule has 0 saturated carbocycles. The lowest BCUT2D eigenvalue weighted by Gasteiger charge is -2.21. The number of rotatable bonds is 4. The summed E-state index contributed by atoms with van der Waals surface area (Å²) in [5.74, 6) is -0.925. The first-order chi connectivity index (χ1) is 11.0. The predicted octanol–water partition coefficient (Wildman–Crippen LogP) is 1.41. The molecule has 0 bridgehead atoms. The molecule has 0 aliphatic carbocycles. The summed E-state index contributed by atoms with van der Waals surface area (Å²) in [4.78, 5) is 39.2. The molecule has 1 fully saturated rings. The van der Waals surface area contributed by atoms with Gasteiger partial charge in [0.15, 0.2) is 5.17 Å². The van der Waals surface area contributed by atoms with Crippen LogP contribution in [0.15, 0.2) is 29.3 Å². The molecule has 1 heterocycles. The number of esters is 1. The van der Waals surface area contributed by atoms with Gasteiger partial charge in [-0.1, -0.05) is 11.8 Å². The maximum Gasteiger partial charge on any atom is 0.338 e. The summed E-state index contributed by atoms with van der Waals surface area (Å²) in [5, 5.41) is 5.21. The quantitative estimate of drug-likeness (QED) is 0.811. The highest BCUT2D eigenvalue weighted by molar-refractivity contribution is 8.15. The average Bonchev–Trinajstić information content (AvgIpc) is 2.55. The van der Waals surface area contributed by atoms with Crippen LogP contribution in [0.3, 0.4) is 0 Å². The van der Waals surface area contributed by atoms with E-state index in [1.165, 1.54) is 11.8 Å². The number of amidine groups is 1. The molecule has 1 aliphatic rings. The largest absolute Gasteiger partial charge is 0.462 e. The minimum atomic E-state index is -0.535. The van der Waals surface area contributed by atoms with Gasteiger partial charge in [-0.15, -0.1) is 0 Å². The fourth-order valence-corrected chi connectivity index (χ4v) is 2.87. The second-order valence-corrected chi connectivity index (χ2v) is 5.87. The van der Waals surface area contributed by atoms with E-state index < -0.39 is 11.2 Å². The number of nitrogens with zero attached hydrogens (tertiary/aromatic N) is 1. The predicted molar refractivity (Wildman–Crippen MR) is 88.5 cm³/mol. The number of benzene rings is 1. The van der Waals surface area contributed by atoms with Crippen molar-refractivity contribution in [2.24, 2.45) is 4.99 Å². The number of nitrogens with one attached hydrogen (secondary N) is 2. The Bertz CT molecular complexity index is 643. The van der Waals surface area contributed by atoms with Crippen molar-refractivity contribution in [3.05, 3.63) is 29.8 Å². The van der Waals surface area contributed by atoms with Gasteiger partial charge in [0.05, 0.1) is 12.2 Å². The second kappa shape index (κ2) is 7.77. The number of carbonyl (C=O) groups is 3. The van der Waals surface area contributed by atoms with E-state index in [0.29, 0.717) is 23.0 Å². The zero-order chi connectivity index (χ0) is 16.8. The molecule has 2 amide bonds. The molecule has 2 N–H and O–H groups in total. The molecule has 7 nitrogen and oxygen atoms in total. The molecule has 2 rings (SSSR count). The van der Waals surface area contributed by atoms with E-state index in [1.807, 2.05) is 0 Å². The maximum absolute atomic E-state index is 12.2. The van der Waals surface area contributed by atoms with Crippen molar-refractivity contribution in [1.29, 1.82) is 0 Å². The summed E-state index contributed by atoms with van der Waals surface area (Å²) in [5.41, 5.74) is 0.960. The van der Waals surface area contributed by atoms with Crippen LogP contribution in [0.25, 0.3) is 0 Å². The first-order valence-corrected chi connectivity index (χ1v) is 7.92. The van der Waals surface area contributed by atoms with Gasteiger partial charge in [-0.2, -0.15) is 0 Å². The van der Waals surface area contributed by atoms with Crippen LogP contribution in [0.2, 0.25) is 0 Å². The minimum Gasteiger partial charge on any atom is -0.462 e. The molecule has 0 radical (unpaired) electrons. The van der Waals surface area contributed by atoms with Crippen LogP contribution in [-0.2, 0) is 14.3 Å². The number of carbonyl (C=O) groups excluding carboxylic acids is 3. The van der Waals surface area contributed by atoms with Gasteiger partial charge < -0.3 is 15.4 Å². The smallest absolute Gasteiger partial charge is 0.338 e. The molecule has 0 spiro atoms. The van der Waals surface area contributed by atoms with Crippen LogP contribution in [0, 0.1) is 0 Å². The molecule has 1 aliphatic heterocycles. The number of thioether (sulfide) groups is 1. The van der Waals surface area contributed by atoms with Crippen molar-refractivity contribution in [2.45, 2.75) is 18.6 Å². The highest BCUT2D eigenvalue weighted by Gasteiger charge is 2.29. The molecule has 0 aromatic heterocycles. The van der Waals surface area contributed by atoms with Crippen molar-refractivity contribution < 1.29 is 19.1 Å². The van der Waals surface area contributed by atoms with E-state index >= 15 is 0 Å². The number of amides is 2. The standard InChI is InChI=1S/C15H17N3O4S/c1-3-22-14(21)9-4-6-10(7-5-9)17-13(20)11-8-12(19)18-15(16-2)23-11/h4-7,11H,3,8H2,1-2H3,(H,17,20)(H,16,18,19)/t11-/m0/s1. The summed E-state index contributed by atoms with van der Waals surface area (Å²) in [6.07, 6.45) is 0.0937. The maximum atomic E-state index is 12.2. The third-order valence-corrected chi connectivity index (χ3v) is 4.20. The summed E-state index contributed by atoms with van der Waals surface area (Å²) < 4.78 is 4.89. The van der Waals surface area contributed by atoms with Crippen molar-refractivity contribution in [2.75, 3.05) is 19.0 Å². The molecule has 8 heteroatoms. The molecule has 1 aromatic carbocycles. The van der Waals surface area contributed by atoms with Crippen LogP contribution < -0.4 is 10.6 Å². The van der Waals surface area contributed by atoms with Crippen LogP contribution >= 0.6 is 11.8 Å². The van der Waals surface area contributed by atoms with Gasteiger partial charge in [-0.25, -0.2) is 4.79 Å². The average molecular weight is 335 g/mol. The summed E-state index contributed by atoms with van der Waals surface area (Å²) in [6, 6.07) is 6.39. The van der Waals surface area contributed by atoms with E-state index in [9.17, 15) is 14.4 Å².